The Kier molecular flexibility index (Phi) is 4.56. The van der Waals surface area contributed by atoms with Gasteiger partial charge in [0.2, 0.25) is 10.0 Å². The monoisotopic (exact) mass is 339 g/mol. The lowest BCUT2D eigenvalue weighted by atomic mass is 9.99. The number of hydrogen-bond donors (Lipinski definition) is 1. The van der Waals surface area contributed by atoms with Crippen molar-refractivity contribution < 1.29 is 12.8 Å². The molecule has 1 aromatic heterocycles. The van der Waals surface area contributed by atoms with E-state index in [1.165, 1.54) is 6.26 Å². The zero-order valence-electron chi connectivity index (χ0n) is 13.1. The summed E-state index contributed by atoms with van der Waals surface area (Å²) in [5.74, 6) is -0.102. The van der Waals surface area contributed by atoms with E-state index in [1.54, 1.807) is 10.6 Å². The van der Waals surface area contributed by atoms with Crippen LogP contribution in [-0.4, -0.2) is 43.8 Å². The summed E-state index contributed by atoms with van der Waals surface area (Å²) in [6, 6.07) is 7.36. The lowest BCUT2D eigenvalue weighted by molar-refractivity contribution is 0.138. The second-order valence-corrected chi connectivity index (χ2v) is 7.94. The predicted octanol–water partition coefficient (Wildman–Crippen LogP) is 0.813. The second kappa shape index (κ2) is 6.46. The normalized spacial score (nSPS) is 20.1. The fraction of sp³-hybridized carbons (Fsp3) is 0.533. The van der Waals surface area contributed by atoms with Crippen molar-refractivity contribution in [3.63, 3.8) is 0 Å². The molecule has 1 aromatic carbocycles. The molecule has 0 radical (unpaired) electrons. The predicted molar refractivity (Wildman–Crippen MR) is 87.6 cm³/mol. The van der Waals surface area contributed by atoms with Crippen molar-refractivity contribution in [1.82, 2.24) is 14.2 Å². The highest BCUT2D eigenvalue weighted by molar-refractivity contribution is 7.88. The molecule has 2 heterocycles. The average molecular weight is 339 g/mol. The Morgan fingerprint density at radius 2 is 2.13 bits per heavy atom. The van der Waals surface area contributed by atoms with Gasteiger partial charge < -0.3 is 4.42 Å². The molecule has 7 nitrogen and oxygen atoms in total. The summed E-state index contributed by atoms with van der Waals surface area (Å²) in [5, 5.41) is 0. The van der Waals surface area contributed by atoms with E-state index in [1.807, 2.05) is 18.2 Å². The van der Waals surface area contributed by atoms with E-state index in [9.17, 15) is 13.2 Å². The number of fused-ring (bicyclic) bond motifs is 1. The zero-order valence-corrected chi connectivity index (χ0v) is 13.9. The Labute approximate surface area is 134 Å². The Hall–Kier alpha value is -1.64. The molecule has 1 fully saturated rings. The standard InChI is InChI=1S/C15H21N3O4S/c1-23(20,21)16-9-12-5-4-8-17(10-12)11-18-13-6-2-3-7-14(13)22-15(18)19/h2-3,6-7,12,16H,4-5,8-11H2,1H3. The molecule has 2 aromatic rings. The van der Waals surface area contributed by atoms with Gasteiger partial charge >= 0.3 is 5.76 Å². The molecule has 1 aliphatic rings. The lowest BCUT2D eigenvalue weighted by Gasteiger charge is -2.32. The van der Waals surface area contributed by atoms with Crippen LogP contribution in [0.4, 0.5) is 0 Å². The second-order valence-electron chi connectivity index (χ2n) is 6.11. The van der Waals surface area contributed by atoms with Crippen molar-refractivity contribution >= 4 is 21.1 Å². The summed E-state index contributed by atoms with van der Waals surface area (Å²) in [6.45, 7) is 2.55. The first-order valence-electron chi connectivity index (χ1n) is 7.68. The minimum absolute atomic E-state index is 0.257. The highest BCUT2D eigenvalue weighted by Gasteiger charge is 2.22. The largest absolute Gasteiger partial charge is 0.421 e. The first-order chi connectivity index (χ1) is 10.9. The molecule has 0 bridgehead atoms. The first-order valence-corrected chi connectivity index (χ1v) is 9.57. The zero-order chi connectivity index (χ0) is 16.4. The highest BCUT2D eigenvalue weighted by Crippen LogP contribution is 2.18. The molecule has 0 saturated carbocycles. The number of para-hydroxylation sites is 2. The van der Waals surface area contributed by atoms with Crippen LogP contribution in [0.5, 0.6) is 0 Å². The van der Waals surface area contributed by atoms with E-state index < -0.39 is 10.0 Å². The van der Waals surface area contributed by atoms with Gasteiger partial charge in [-0.2, -0.15) is 0 Å². The van der Waals surface area contributed by atoms with E-state index in [2.05, 4.69) is 9.62 Å². The smallest absolute Gasteiger partial charge is 0.408 e. The minimum atomic E-state index is -3.17. The van der Waals surface area contributed by atoms with E-state index in [0.29, 0.717) is 18.8 Å². The van der Waals surface area contributed by atoms with E-state index in [-0.39, 0.29) is 11.7 Å². The molecular formula is C15H21N3O4S. The van der Waals surface area contributed by atoms with Gasteiger partial charge in [0.25, 0.3) is 0 Å². The van der Waals surface area contributed by atoms with Crippen molar-refractivity contribution in [2.45, 2.75) is 19.5 Å². The van der Waals surface area contributed by atoms with Crippen molar-refractivity contribution in [2.75, 3.05) is 25.9 Å². The number of likely N-dealkylation sites (tertiary alicyclic amines) is 1. The molecule has 23 heavy (non-hydrogen) atoms. The third-order valence-electron chi connectivity index (χ3n) is 4.15. The molecular weight excluding hydrogens is 318 g/mol. The molecule has 0 spiro atoms. The Morgan fingerprint density at radius 1 is 1.35 bits per heavy atom. The van der Waals surface area contributed by atoms with Gasteiger partial charge in [0, 0.05) is 13.1 Å². The molecule has 1 saturated heterocycles. The Balaban J connectivity index is 1.69. The number of benzene rings is 1. The highest BCUT2D eigenvalue weighted by atomic mass is 32.2. The van der Waals surface area contributed by atoms with Crippen molar-refractivity contribution in [3.05, 3.63) is 34.8 Å². The van der Waals surface area contributed by atoms with Gasteiger partial charge in [-0.3, -0.25) is 9.47 Å². The Bertz CT molecular complexity index is 840. The summed E-state index contributed by atoms with van der Waals surface area (Å²) in [4.78, 5) is 14.2. The van der Waals surface area contributed by atoms with Gasteiger partial charge in [-0.15, -0.1) is 0 Å². The van der Waals surface area contributed by atoms with Crippen LogP contribution in [0.2, 0.25) is 0 Å². The maximum Gasteiger partial charge on any atom is 0.421 e. The van der Waals surface area contributed by atoms with Gasteiger partial charge in [-0.05, 0) is 37.4 Å². The van der Waals surface area contributed by atoms with Gasteiger partial charge in [-0.25, -0.2) is 17.9 Å². The molecule has 0 amide bonds. The van der Waals surface area contributed by atoms with Crippen LogP contribution in [-0.2, 0) is 16.7 Å². The summed E-state index contributed by atoms with van der Waals surface area (Å²) in [7, 11) is -3.17. The Morgan fingerprint density at radius 3 is 2.91 bits per heavy atom. The van der Waals surface area contributed by atoms with Crippen molar-refractivity contribution in [1.29, 1.82) is 0 Å². The summed E-state index contributed by atoms with van der Waals surface area (Å²) in [5.41, 5.74) is 1.37. The van der Waals surface area contributed by atoms with Crippen LogP contribution < -0.4 is 10.5 Å². The van der Waals surface area contributed by atoms with Gasteiger partial charge in [0.1, 0.15) is 0 Å². The topological polar surface area (TPSA) is 84.5 Å². The quantitative estimate of drug-likeness (QED) is 0.871. The van der Waals surface area contributed by atoms with Gasteiger partial charge in [0.15, 0.2) is 5.58 Å². The lowest BCUT2D eigenvalue weighted by Crippen LogP contribution is -2.42. The first kappa shape index (κ1) is 16.2. The minimum Gasteiger partial charge on any atom is -0.408 e. The van der Waals surface area contributed by atoms with Crippen LogP contribution >= 0.6 is 0 Å². The van der Waals surface area contributed by atoms with Crippen LogP contribution in [0, 0.1) is 5.92 Å². The summed E-state index contributed by atoms with van der Waals surface area (Å²) < 4.78 is 31.9. The van der Waals surface area contributed by atoms with E-state index in [0.717, 1.165) is 31.4 Å². The molecule has 1 unspecified atom stereocenters. The van der Waals surface area contributed by atoms with Crippen molar-refractivity contribution in [2.24, 2.45) is 5.92 Å². The van der Waals surface area contributed by atoms with Crippen LogP contribution in [0.1, 0.15) is 12.8 Å². The molecule has 1 aliphatic heterocycles. The molecule has 1 N–H and O–H groups in total. The van der Waals surface area contributed by atoms with Crippen LogP contribution in [0.3, 0.4) is 0 Å². The van der Waals surface area contributed by atoms with Crippen molar-refractivity contribution in [3.8, 4) is 0 Å². The number of piperidine rings is 1. The van der Waals surface area contributed by atoms with Gasteiger partial charge in [0.05, 0.1) is 18.4 Å². The fourth-order valence-electron chi connectivity index (χ4n) is 3.06. The fourth-order valence-corrected chi connectivity index (χ4v) is 3.60. The summed E-state index contributed by atoms with van der Waals surface area (Å²) >= 11 is 0. The van der Waals surface area contributed by atoms with E-state index in [4.69, 9.17) is 4.42 Å². The third kappa shape index (κ3) is 4.01. The third-order valence-corrected chi connectivity index (χ3v) is 4.84. The maximum atomic E-state index is 12.0. The number of rotatable bonds is 5. The molecule has 1 atom stereocenters. The molecule has 8 heteroatoms. The average Bonchev–Trinajstić information content (AvgIpc) is 2.81. The number of oxazole rings is 1. The maximum absolute atomic E-state index is 12.0. The van der Waals surface area contributed by atoms with E-state index >= 15 is 0 Å². The number of nitrogens with zero attached hydrogens (tertiary/aromatic N) is 2. The number of sulfonamides is 1. The SMILES string of the molecule is CS(=O)(=O)NCC1CCCN(Cn2c(=O)oc3ccccc32)C1. The molecule has 0 aliphatic carbocycles. The summed E-state index contributed by atoms with van der Waals surface area (Å²) in [6.07, 6.45) is 3.14. The van der Waals surface area contributed by atoms with Gasteiger partial charge in [-0.1, -0.05) is 12.1 Å². The molecule has 126 valence electrons. The van der Waals surface area contributed by atoms with Crippen LogP contribution in [0.25, 0.3) is 11.1 Å². The number of aromatic nitrogens is 1. The number of hydrogen-bond acceptors (Lipinski definition) is 5. The van der Waals surface area contributed by atoms with Crippen LogP contribution in [0.15, 0.2) is 33.5 Å². The number of nitrogens with one attached hydrogen (secondary N) is 1. The molecule has 3 rings (SSSR count).